The molecule has 0 saturated carbocycles. The number of aryl methyl sites for hydroxylation is 1. The maximum Gasteiger partial charge on any atom is 0.159 e. The van der Waals surface area contributed by atoms with Gasteiger partial charge in [-0.1, -0.05) is 42.5 Å². The molecule has 5 nitrogen and oxygen atoms in total. The van der Waals surface area contributed by atoms with Gasteiger partial charge in [0, 0.05) is 16.6 Å². The van der Waals surface area contributed by atoms with Crippen molar-refractivity contribution in [1.29, 1.82) is 5.26 Å². The van der Waals surface area contributed by atoms with Gasteiger partial charge >= 0.3 is 0 Å². The van der Waals surface area contributed by atoms with Crippen LogP contribution in [0, 0.1) is 18.3 Å². The Balaban J connectivity index is 1.69. The third-order valence-electron chi connectivity index (χ3n) is 6.40. The summed E-state index contributed by atoms with van der Waals surface area (Å²) in [5.74, 6) is 0.923. The van der Waals surface area contributed by atoms with Crippen LogP contribution in [0.3, 0.4) is 0 Å². The van der Waals surface area contributed by atoms with Gasteiger partial charge in [-0.3, -0.25) is 14.3 Å². The van der Waals surface area contributed by atoms with Crippen LogP contribution in [0.25, 0.3) is 38.8 Å². The molecule has 3 aromatic carbocycles. The molecule has 0 amide bonds. The van der Waals surface area contributed by atoms with Gasteiger partial charge in [0.2, 0.25) is 0 Å². The molecule has 5 rings (SSSR count). The summed E-state index contributed by atoms with van der Waals surface area (Å²) >= 11 is 0. The largest absolute Gasteiger partial charge is 0.296 e. The van der Waals surface area contributed by atoms with Gasteiger partial charge in [-0.05, 0) is 68.7 Å². The summed E-state index contributed by atoms with van der Waals surface area (Å²) in [6.45, 7) is 7.40. The molecule has 166 valence electrons. The Labute approximate surface area is 198 Å². The van der Waals surface area contributed by atoms with Crippen LogP contribution in [0.4, 0.5) is 0 Å². The monoisotopic (exact) mass is 444 g/mol. The second kappa shape index (κ2) is 7.93. The number of carbonyl (C=O) groups is 1. The Hall–Kier alpha value is -4.30. The van der Waals surface area contributed by atoms with Gasteiger partial charge < -0.3 is 0 Å². The van der Waals surface area contributed by atoms with E-state index in [1.165, 1.54) is 0 Å². The first-order valence-corrected chi connectivity index (χ1v) is 11.2. The molecule has 0 aliphatic rings. The topological polar surface area (TPSA) is 71.6 Å². The minimum absolute atomic E-state index is 0.0551. The van der Waals surface area contributed by atoms with E-state index in [0.29, 0.717) is 5.56 Å². The van der Waals surface area contributed by atoms with Crippen molar-refractivity contribution in [2.24, 2.45) is 0 Å². The quantitative estimate of drug-likeness (QED) is 0.295. The lowest BCUT2D eigenvalue weighted by atomic mass is 9.86. The standard InChI is InChI=1S/C29H24N4O/c1-18(34)20-5-7-21(8-6-20)22-9-14-26-25(15-22)28-27(16-31-26)32-19(2)33(28)24-12-10-23(11-13-24)29(3,4)17-30/h5-16H,1-4H3. The highest BCUT2D eigenvalue weighted by Gasteiger charge is 2.20. The number of imidazole rings is 1. The van der Waals surface area contributed by atoms with Gasteiger partial charge in [-0.25, -0.2) is 4.98 Å². The number of benzene rings is 3. The van der Waals surface area contributed by atoms with Crippen LogP contribution in [0.5, 0.6) is 0 Å². The van der Waals surface area contributed by atoms with E-state index >= 15 is 0 Å². The highest BCUT2D eigenvalue weighted by atomic mass is 16.1. The predicted octanol–water partition coefficient (Wildman–Crippen LogP) is 6.55. The second-order valence-corrected chi connectivity index (χ2v) is 9.14. The van der Waals surface area contributed by atoms with E-state index in [2.05, 4.69) is 27.8 Å². The lowest BCUT2D eigenvalue weighted by Gasteiger charge is -2.17. The third-order valence-corrected chi connectivity index (χ3v) is 6.40. The molecule has 0 aliphatic heterocycles. The van der Waals surface area contributed by atoms with Gasteiger partial charge in [0.15, 0.2) is 5.78 Å². The molecule has 0 fully saturated rings. The van der Waals surface area contributed by atoms with Gasteiger partial charge in [-0.2, -0.15) is 5.26 Å². The number of aromatic nitrogens is 3. The van der Waals surface area contributed by atoms with Crippen molar-refractivity contribution in [1.82, 2.24) is 14.5 Å². The average molecular weight is 445 g/mol. The fraction of sp³-hybridized carbons (Fsp3) is 0.172. The zero-order chi connectivity index (χ0) is 24.0. The van der Waals surface area contributed by atoms with Gasteiger partial charge in [0.05, 0.1) is 28.7 Å². The van der Waals surface area contributed by atoms with Crippen LogP contribution in [0.1, 0.15) is 42.5 Å². The zero-order valence-electron chi connectivity index (χ0n) is 19.6. The Kier molecular flexibility index (Phi) is 5.02. The zero-order valence-corrected chi connectivity index (χ0v) is 19.6. The summed E-state index contributed by atoms with van der Waals surface area (Å²) < 4.78 is 2.14. The van der Waals surface area contributed by atoms with Crippen LogP contribution >= 0.6 is 0 Å². The number of pyridine rings is 1. The molecule has 2 aromatic heterocycles. The third kappa shape index (κ3) is 3.54. The van der Waals surface area contributed by atoms with E-state index in [4.69, 9.17) is 4.98 Å². The van der Waals surface area contributed by atoms with E-state index in [1.807, 2.05) is 81.6 Å². The van der Waals surface area contributed by atoms with E-state index in [9.17, 15) is 10.1 Å². The maximum atomic E-state index is 11.6. The molecule has 0 unspecified atom stereocenters. The Bertz CT molecular complexity index is 1600. The highest BCUT2D eigenvalue weighted by molar-refractivity contribution is 6.04. The van der Waals surface area contributed by atoms with Gasteiger partial charge in [-0.15, -0.1) is 0 Å². The molecule has 34 heavy (non-hydrogen) atoms. The summed E-state index contributed by atoms with van der Waals surface area (Å²) in [7, 11) is 0. The number of ketones is 1. The van der Waals surface area contributed by atoms with Crippen molar-refractivity contribution in [3.05, 3.63) is 89.9 Å². The summed E-state index contributed by atoms with van der Waals surface area (Å²) in [4.78, 5) is 21.0. The molecule has 0 bridgehead atoms. The fourth-order valence-electron chi connectivity index (χ4n) is 4.36. The average Bonchev–Trinajstić information content (AvgIpc) is 3.20. The first-order valence-electron chi connectivity index (χ1n) is 11.2. The van der Waals surface area contributed by atoms with Crippen LogP contribution in [-0.4, -0.2) is 20.3 Å². The molecule has 0 atom stereocenters. The van der Waals surface area contributed by atoms with Crippen LogP contribution in [-0.2, 0) is 5.41 Å². The Morgan fingerprint density at radius 3 is 2.26 bits per heavy atom. The molecular formula is C29H24N4O. The van der Waals surface area contributed by atoms with Gasteiger partial charge in [0.25, 0.3) is 0 Å². The smallest absolute Gasteiger partial charge is 0.159 e. The second-order valence-electron chi connectivity index (χ2n) is 9.14. The molecule has 2 heterocycles. The van der Waals surface area contributed by atoms with E-state index < -0.39 is 5.41 Å². The molecule has 0 aliphatic carbocycles. The maximum absolute atomic E-state index is 11.6. The Morgan fingerprint density at radius 1 is 0.941 bits per heavy atom. The Morgan fingerprint density at radius 2 is 1.62 bits per heavy atom. The number of nitriles is 1. The first-order chi connectivity index (χ1) is 16.3. The van der Waals surface area contributed by atoms with E-state index in [1.54, 1.807) is 6.92 Å². The molecule has 0 saturated heterocycles. The van der Waals surface area contributed by atoms with E-state index in [-0.39, 0.29) is 5.78 Å². The lowest BCUT2D eigenvalue weighted by Crippen LogP contribution is -2.13. The first kappa shape index (κ1) is 21.5. The van der Waals surface area contributed by atoms with Crippen molar-refractivity contribution in [3.8, 4) is 22.9 Å². The minimum Gasteiger partial charge on any atom is -0.296 e. The summed E-state index contributed by atoms with van der Waals surface area (Å²) in [6.07, 6.45) is 1.82. The number of hydrogen-bond acceptors (Lipinski definition) is 4. The molecule has 5 heteroatoms. The van der Waals surface area contributed by atoms with Crippen molar-refractivity contribution < 1.29 is 4.79 Å². The minimum atomic E-state index is -0.548. The van der Waals surface area contributed by atoms with Crippen molar-refractivity contribution >= 4 is 27.7 Å². The van der Waals surface area contributed by atoms with Crippen LogP contribution in [0.15, 0.2) is 72.9 Å². The number of Topliss-reactive ketones (excluding diaryl/α,β-unsaturated/α-hetero) is 1. The SMILES string of the molecule is CC(=O)c1ccc(-c2ccc3ncc4nc(C)n(-c5ccc(C(C)(C)C#N)cc5)c4c3c2)cc1. The number of carbonyl (C=O) groups excluding carboxylic acids is 1. The molecule has 0 N–H and O–H groups in total. The molecule has 5 aromatic rings. The molecular weight excluding hydrogens is 420 g/mol. The van der Waals surface area contributed by atoms with E-state index in [0.717, 1.165) is 50.1 Å². The van der Waals surface area contributed by atoms with Gasteiger partial charge in [0.1, 0.15) is 11.3 Å². The van der Waals surface area contributed by atoms with Crippen LogP contribution in [0.2, 0.25) is 0 Å². The number of nitrogens with zero attached hydrogens (tertiary/aromatic N) is 4. The number of rotatable bonds is 4. The lowest BCUT2D eigenvalue weighted by molar-refractivity contribution is 0.101. The number of hydrogen-bond donors (Lipinski definition) is 0. The predicted molar refractivity (Wildman–Crippen MR) is 135 cm³/mol. The van der Waals surface area contributed by atoms with Crippen molar-refractivity contribution in [2.45, 2.75) is 33.1 Å². The molecule has 0 radical (unpaired) electrons. The van der Waals surface area contributed by atoms with Crippen LogP contribution < -0.4 is 0 Å². The summed E-state index contributed by atoms with van der Waals surface area (Å²) in [6, 6.07) is 24.3. The number of fused-ring (bicyclic) bond motifs is 3. The van der Waals surface area contributed by atoms with Crippen molar-refractivity contribution in [2.75, 3.05) is 0 Å². The normalized spacial score (nSPS) is 11.6. The molecule has 0 spiro atoms. The fourth-order valence-corrected chi connectivity index (χ4v) is 4.36. The summed E-state index contributed by atoms with van der Waals surface area (Å²) in [5.41, 5.74) is 6.92. The highest BCUT2D eigenvalue weighted by Crippen LogP contribution is 2.32. The van der Waals surface area contributed by atoms with Crippen molar-refractivity contribution in [3.63, 3.8) is 0 Å². The summed E-state index contributed by atoms with van der Waals surface area (Å²) in [5, 5.41) is 10.5.